The Morgan fingerprint density at radius 3 is 1.57 bits per heavy atom. The van der Waals surface area contributed by atoms with Gasteiger partial charge in [0.15, 0.2) is 0 Å². The minimum atomic E-state index is -0.969. The first kappa shape index (κ1) is 36.3. The van der Waals surface area contributed by atoms with Crippen molar-refractivity contribution in [1.82, 2.24) is 0 Å². The molecule has 8 heteroatoms. The summed E-state index contributed by atoms with van der Waals surface area (Å²) in [7, 11) is 0. The quantitative estimate of drug-likeness (QED) is 0.253. The second-order valence-corrected chi connectivity index (χ2v) is 17.9. The summed E-state index contributed by atoms with van der Waals surface area (Å²) in [5.74, 6) is -2.13. The van der Waals surface area contributed by atoms with Crippen LogP contribution in [-0.2, 0) is 34.9 Å². The third-order valence-electron chi connectivity index (χ3n) is 9.13. The van der Waals surface area contributed by atoms with Crippen molar-refractivity contribution in [2.75, 3.05) is 0 Å². The van der Waals surface area contributed by atoms with Crippen LogP contribution in [0.4, 0.5) is 0 Å². The minimum Gasteiger partial charge on any atom is -0.507 e. The minimum absolute atomic E-state index is 0.196. The summed E-state index contributed by atoms with van der Waals surface area (Å²) >= 11 is 0. The molecule has 2 aliphatic rings. The van der Waals surface area contributed by atoms with Crippen molar-refractivity contribution in [3.05, 3.63) is 28.8 Å². The van der Waals surface area contributed by atoms with Gasteiger partial charge in [-0.15, -0.1) is 0 Å². The van der Waals surface area contributed by atoms with Crippen molar-refractivity contribution in [3.63, 3.8) is 0 Å². The lowest BCUT2D eigenvalue weighted by Gasteiger charge is -2.50. The van der Waals surface area contributed by atoms with Crippen LogP contribution in [0.25, 0.3) is 0 Å². The molecular weight excluding hydrogens is 560 g/mol. The topological polar surface area (TPSA) is 112 Å². The van der Waals surface area contributed by atoms with E-state index in [9.17, 15) is 19.8 Å². The fourth-order valence-corrected chi connectivity index (χ4v) is 7.15. The lowest BCUT2D eigenvalue weighted by atomic mass is 9.56. The number of hydrogen-bond acceptors (Lipinski definition) is 8. The molecule has 5 unspecified atom stereocenters. The van der Waals surface area contributed by atoms with Gasteiger partial charge in [0, 0.05) is 29.4 Å². The lowest BCUT2D eigenvalue weighted by Crippen LogP contribution is -2.60. The van der Waals surface area contributed by atoms with Crippen LogP contribution in [0.2, 0.25) is 0 Å². The van der Waals surface area contributed by atoms with E-state index in [1.807, 2.05) is 83.1 Å². The summed E-state index contributed by atoms with van der Waals surface area (Å²) < 4.78 is 12.0. The number of phenolic OH excluding ortho intramolecular Hbond substituents is 1. The van der Waals surface area contributed by atoms with Crippen LogP contribution >= 0.6 is 0 Å². The average molecular weight is 619 g/mol. The Balaban J connectivity index is 1.80. The number of rotatable bonds is 6. The zero-order valence-electron chi connectivity index (χ0n) is 29.7. The summed E-state index contributed by atoms with van der Waals surface area (Å²) in [6.07, 6.45) is -2.30. The number of fused-ring (bicyclic) bond motifs is 2. The normalized spacial score (nSPS) is 27.2. The molecule has 2 fully saturated rings. The molecule has 1 saturated heterocycles. The molecule has 2 N–H and O–H groups in total. The average Bonchev–Trinajstić information content (AvgIpc) is 3.10. The SMILES string of the molecule is CC(CC(C)(C)OC(=O)C1C2OOC1C(C(C)(C)C)C(O)C2C(C)(C)C)OC(=O)c1cc(C(C)(C)C)c(O)c(C(C)(C)C)c1. The zero-order chi connectivity index (χ0) is 34.0. The smallest absolute Gasteiger partial charge is 0.338 e. The van der Waals surface area contributed by atoms with Crippen LogP contribution in [0.1, 0.15) is 132 Å². The highest BCUT2D eigenvalue weighted by molar-refractivity contribution is 5.90. The number of aliphatic hydroxyl groups excluding tert-OH is 1. The molecule has 44 heavy (non-hydrogen) atoms. The standard InChI is InChI=1S/C36H58O8/c1-19(41-30(39)20-16-21(32(2,3)4)26(37)22(17-20)33(5,6)7)18-36(14,15)42-31(40)23-28-24(34(8,9)10)27(38)25(35(11,12)13)29(23)44-43-28/h16-17,19,23-25,27-29,37-38H,18H2,1-15H3. The van der Waals surface area contributed by atoms with E-state index >= 15 is 0 Å². The summed E-state index contributed by atoms with van der Waals surface area (Å²) in [6, 6.07) is 3.41. The third-order valence-corrected chi connectivity index (χ3v) is 9.13. The first-order valence-electron chi connectivity index (χ1n) is 16.0. The first-order valence-corrected chi connectivity index (χ1v) is 16.0. The predicted octanol–water partition coefficient (Wildman–Crippen LogP) is 7.26. The van der Waals surface area contributed by atoms with Gasteiger partial charge in [0.1, 0.15) is 35.6 Å². The van der Waals surface area contributed by atoms with Crippen LogP contribution in [0, 0.1) is 28.6 Å². The molecule has 1 aromatic rings. The van der Waals surface area contributed by atoms with E-state index < -0.39 is 47.9 Å². The second kappa shape index (κ2) is 11.9. The van der Waals surface area contributed by atoms with Crippen molar-refractivity contribution in [2.45, 2.75) is 151 Å². The highest BCUT2D eigenvalue weighted by Gasteiger charge is 2.64. The largest absolute Gasteiger partial charge is 0.507 e. The van der Waals surface area contributed by atoms with E-state index in [1.165, 1.54) is 0 Å². The van der Waals surface area contributed by atoms with Gasteiger partial charge >= 0.3 is 11.9 Å². The number of aromatic hydroxyl groups is 1. The summed E-state index contributed by atoms with van der Waals surface area (Å²) in [6.45, 7) is 29.5. The van der Waals surface area contributed by atoms with Crippen molar-refractivity contribution < 1.29 is 39.1 Å². The van der Waals surface area contributed by atoms with Crippen molar-refractivity contribution in [3.8, 4) is 5.75 Å². The maximum absolute atomic E-state index is 13.9. The van der Waals surface area contributed by atoms with Crippen LogP contribution in [0.15, 0.2) is 12.1 Å². The Bertz CT molecular complexity index is 1160. The molecule has 8 nitrogen and oxygen atoms in total. The molecule has 3 rings (SSSR count). The van der Waals surface area contributed by atoms with Crippen LogP contribution in [-0.4, -0.2) is 52.2 Å². The molecule has 1 aromatic carbocycles. The highest BCUT2D eigenvalue weighted by Crippen LogP contribution is 2.54. The number of hydrogen-bond donors (Lipinski definition) is 2. The Morgan fingerprint density at radius 2 is 1.20 bits per heavy atom. The zero-order valence-corrected chi connectivity index (χ0v) is 29.7. The van der Waals surface area contributed by atoms with Crippen LogP contribution in [0.5, 0.6) is 5.75 Å². The Morgan fingerprint density at radius 1 is 0.795 bits per heavy atom. The molecule has 0 amide bonds. The van der Waals surface area contributed by atoms with E-state index in [1.54, 1.807) is 32.9 Å². The van der Waals surface area contributed by atoms with E-state index in [4.69, 9.17) is 19.2 Å². The van der Waals surface area contributed by atoms with Crippen molar-refractivity contribution in [2.24, 2.45) is 28.6 Å². The van der Waals surface area contributed by atoms with Gasteiger partial charge in [0.05, 0.1) is 11.7 Å². The molecule has 250 valence electrons. The molecule has 0 radical (unpaired) electrons. The van der Waals surface area contributed by atoms with Gasteiger partial charge in [-0.25, -0.2) is 14.6 Å². The third kappa shape index (κ3) is 7.61. The van der Waals surface area contributed by atoms with Gasteiger partial charge in [-0.05, 0) is 54.6 Å². The highest BCUT2D eigenvalue weighted by atomic mass is 17.2. The van der Waals surface area contributed by atoms with Crippen molar-refractivity contribution >= 4 is 11.9 Å². The molecular formula is C36H58O8. The number of carbonyl (C=O) groups is 2. The second-order valence-electron chi connectivity index (χ2n) is 17.9. The molecule has 1 heterocycles. The predicted molar refractivity (Wildman–Crippen MR) is 170 cm³/mol. The molecule has 1 aliphatic carbocycles. The van der Waals surface area contributed by atoms with Gasteiger partial charge in [-0.2, -0.15) is 0 Å². The number of aliphatic hydroxyl groups is 1. The Hall–Kier alpha value is -2.16. The monoisotopic (exact) mass is 618 g/mol. The van der Waals surface area contributed by atoms with Gasteiger partial charge in [-0.3, -0.25) is 4.79 Å². The molecule has 2 bridgehead atoms. The molecule has 5 atom stereocenters. The maximum Gasteiger partial charge on any atom is 0.338 e. The number of carbonyl (C=O) groups excluding carboxylic acids is 2. The molecule has 1 saturated carbocycles. The first-order chi connectivity index (χ1) is 19.7. The molecule has 0 aromatic heterocycles. The number of phenols is 1. The van der Waals surface area contributed by atoms with Gasteiger partial charge < -0.3 is 19.7 Å². The van der Waals surface area contributed by atoms with Crippen LogP contribution in [0.3, 0.4) is 0 Å². The summed E-state index contributed by atoms with van der Waals surface area (Å²) in [4.78, 5) is 38.8. The van der Waals surface area contributed by atoms with E-state index in [-0.39, 0.29) is 45.7 Å². The van der Waals surface area contributed by atoms with E-state index in [2.05, 4.69) is 0 Å². The number of benzene rings is 1. The van der Waals surface area contributed by atoms with Crippen molar-refractivity contribution in [1.29, 1.82) is 0 Å². The van der Waals surface area contributed by atoms with Gasteiger partial charge in [0.25, 0.3) is 0 Å². The maximum atomic E-state index is 13.9. The summed E-state index contributed by atoms with van der Waals surface area (Å²) in [5, 5.41) is 22.5. The number of esters is 2. The fourth-order valence-electron chi connectivity index (χ4n) is 7.15. The number of ether oxygens (including phenoxy) is 2. The van der Waals surface area contributed by atoms with Gasteiger partial charge in [0.2, 0.25) is 0 Å². The molecule has 0 spiro atoms. The summed E-state index contributed by atoms with van der Waals surface area (Å²) in [5.41, 5.74) is -0.719. The van der Waals surface area contributed by atoms with E-state index in [0.29, 0.717) is 16.7 Å². The molecule has 1 aliphatic heterocycles. The van der Waals surface area contributed by atoms with Gasteiger partial charge in [-0.1, -0.05) is 83.1 Å². The Labute approximate surface area is 265 Å². The fraction of sp³-hybridized carbons (Fsp3) is 0.778. The Kier molecular flexibility index (Phi) is 9.81. The van der Waals surface area contributed by atoms with Crippen LogP contribution < -0.4 is 0 Å². The lowest BCUT2D eigenvalue weighted by molar-refractivity contribution is -0.304. The van der Waals surface area contributed by atoms with E-state index in [0.717, 1.165) is 0 Å².